The Morgan fingerprint density at radius 1 is 1.05 bits per heavy atom. The normalized spacial score (nSPS) is 15.6. The predicted octanol–water partition coefficient (Wildman–Crippen LogP) is 6.16. The molecule has 1 saturated heterocycles. The molecule has 0 radical (unpaired) electrons. The Morgan fingerprint density at radius 3 is 2.55 bits per heavy atom. The van der Waals surface area contributed by atoms with Crippen molar-refractivity contribution in [1.82, 2.24) is 14.8 Å². The van der Waals surface area contributed by atoms with E-state index in [-0.39, 0.29) is 28.8 Å². The molecule has 1 aromatic heterocycles. The average molecular weight is 628 g/mol. The molecule has 5 rings (SSSR count). The summed E-state index contributed by atoms with van der Waals surface area (Å²) in [7, 11) is 0. The number of fused-ring (bicyclic) bond motifs is 1. The quantitative estimate of drug-likeness (QED) is 0.219. The van der Waals surface area contributed by atoms with E-state index in [0.29, 0.717) is 23.0 Å². The summed E-state index contributed by atoms with van der Waals surface area (Å²) in [5.41, 5.74) is 2.26. The first kappa shape index (κ1) is 31.5. The lowest BCUT2D eigenvalue weighted by atomic mass is 10.0. The molecule has 2 aliphatic heterocycles. The van der Waals surface area contributed by atoms with Gasteiger partial charge in [-0.1, -0.05) is 13.0 Å². The Labute approximate surface area is 260 Å². The summed E-state index contributed by atoms with van der Waals surface area (Å²) >= 11 is 5.52. The molecular formula is C31H36F3N7O2S. The molecule has 0 saturated carbocycles. The molecule has 0 spiro atoms. The maximum atomic E-state index is 14.1. The van der Waals surface area contributed by atoms with Gasteiger partial charge in [-0.05, 0) is 67.5 Å². The molecule has 3 heterocycles. The van der Waals surface area contributed by atoms with Gasteiger partial charge in [-0.25, -0.2) is 4.98 Å². The summed E-state index contributed by atoms with van der Waals surface area (Å²) in [5.74, 6) is 1.30. The van der Waals surface area contributed by atoms with E-state index >= 15 is 0 Å². The number of nitrogens with zero attached hydrogens (tertiary/aromatic N) is 3. The standard InChI is InChI=1S/C31H36F3N7O2S/c1-3-40-13-15-41(16-14-40)19-21-6-7-22(17-25(21)31(32,33)34)38-30(44)39-26-8-9-27(24-5-4-11-36-29(24)26)43-23-10-12-35-28(18-23)37-20(2)42/h6-10,12,17-18,36H,3-5,11,13-16,19H2,1-2H3,(H,35,37,42)(H2,38,39,44). The lowest BCUT2D eigenvalue weighted by Crippen LogP contribution is -2.45. The van der Waals surface area contributed by atoms with Crippen molar-refractivity contribution >= 4 is 46.1 Å². The number of aromatic nitrogens is 1. The fourth-order valence-corrected chi connectivity index (χ4v) is 5.68. The van der Waals surface area contributed by atoms with E-state index in [4.69, 9.17) is 17.0 Å². The smallest absolute Gasteiger partial charge is 0.416 e. The summed E-state index contributed by atoms with van der Waals surface area (Å²) in [6.45, 7) is 8.62. The fraction of sp³-hybridized carbons (Fsp3) is 0.387. The monoisotopic (exact) mass is 627 g/mol. The van der Waals surface area contributed by atoms with E-state index in [0.717, 1.165) is 69.4 Å². The molecular weight excluding hydrogens is 591 g/mol. The van der Waals surface area contributed by atoms with Crippen LogP contribution in [0.3, 0.4) is 0 Å². The molecule has 1 fully saturated rings. The number of likely N-dealkylation sites (N-methyl/N-ethyl adjacent to an activating group) is 1. The molecule has 234 valence electrons. The summed E-state index contributed by atoms with van der Waals surface area (Å²) in [6.07, 6.45) is -1.30. The van der Waals surface area contributed by atoms with Crippen molar-refractivity contribution in [3.05, 3.63) is 65.4 Å². The van der Waals surface area contributed by atoms with Crippen LogP contribution in [0.1, 0.15) is 37.0 Å². The maximum Gasteiger partial charge on any atom is 0.416 e. The van der Waals surface area contributed by atoms with Crippen LogP contribution < -0.4 is 26.0 Å². The van der Waals surface area contributed by atoms with Gasteiger partial charge in [0.15, 0.2) is 5.11 Å². The molecule has 3 aromatic rings. The SMILES string of the molecule is CCN1CCN(Cc2ccc(NC(=S)Nc3ccc(Oc4ccnc(NC(C)=O)c4)c4c3NCCC4)cc2C(F)(F)F)CC1. The number of nitrogens with one attached hydrogen (secondary N) is 4. The number of carbonyl (C=O) groups is 1. The third-order valence-corrected chi connectivity index (χ3v) is 7.87. The number of benzene rings is 2. The minimum Gasteiger partial charge on any atom is -0.457 e. The second-order valence-corrected chi connectivity index (χ2v) is 11.2. The molecule has 9 nitrogen and oxygen atoms in total. The second-order valence-electron chi connectivity index (χ2n) is 10.8. The molecule has 0 unspecified atom stereocenters. The highest BCUT2D eigenvalue weighted by Gasteiger charge is 2.34. The number of halogens is 3. The number of alkyl halides is 3. The first-order valence-corrected chi connectivity index (χ1v) is 15.0. The number of anilines is 4. The van der Waals surface area contributed by atoms with Crippen LogP contribution in [-0.2, 0) is 23.9 Å². The zero-order valence-corrected chi connectivity index (χ0v) is 25.5. The Balaban J connectivity index is 1.29. The van der Waals surface area contributed by atoms with Crippen LogP contribution in [-0.4, -0.2) is 65.1 Å². The maximum absolute atomic E-state index is 14.1. The van der Waals surface area contributed by atoms with Crippen LogP contribution >= 0.6 is 12.2 Å². The number of carbonyl (C=O) groups excluding carboxylic acids is 1. The first-order valence-electron chi connectivity index (χ1n) is 14.6. The van der Waals surface area contributed by atoms with Crippen molar-refractivity contribution in [3.63, 3.8) is 0 Å². The van der Waals surface area contributed by atoms with Gasteiger partial charge in [-0.3, -0.25) is 9.69 Å². The van der Waals surface area contributed by atoms with Gasteiger partial charge in [-0.2, -0.15) is 13.2 Å². The van der Waals surface area contributed by atoms with Gasteiger partial charge in [0.05, 0.1) is 16.9 Å². The highest BCUT2D eigenvalue weighted by molar-refractivity contribution is 7.80. The van der Waals surface area contributed by atoms with Crippen molar-refractivity contribution in [3.8, 4) is 11.5 Å². The van der Waals surface area contributed by atoms with Crippen molar-refractivity contribution in [2.24, 2.45) is 0 Å². The Morgan fingerprint density at radius 2 is 1.82 bits per heavy atom. The van der Waals surface area contributed by atoms with Crippen LogP contribution in [0.15, 0.2) is 48.7 Å². The number of ether oxygens (including phenoxy) is 1. The van der Waals surface area contributed by atoms with Gasteiger partial charge in [0.2, 0.25) is 5.91 Å². The Hall–Kier alpha value is -3.94. The van der Waals surface area contributed by atoms with Crippen molar-refractivity contribution < 1.29 is 22.7 Å². The summed E-state index contributed by atoms with van der Waals surface area (Å²) in [4.78, 5) is 19.9. The fourth-order valence-electron chi connectivity index (χ4n) is 5.45. The van der Waals surface area contributed by atoms with Gasteiger partial charge < -0.3 is 30.9 Å². The summed E-state index contributed by atoms with van der Waals surface area (Å²) in [5, 5.41) is 12.3. The van der Waals surface area contributed by atoms with Crippen molar-refractivity contribution in [1.29, 1.82) is 0 Å². The average Bonchev–Trinajstić information content (AvgIpc) is 2.99. The van der Waals surface area contributed by atoms with Crippen LogP contribution in [0.2, 0.25) is 0 Å². The molecule has 1 amide bonds. The van der Waals surface area contributed by atoms with E-state index in [1.54, 1.807) is 30.5 Å². The molecule has 44 heavy (non-hydrogen) atoms. The van der Waals surface area contributed by atoms with Crippen LogP contribution in [0, 0.1) is 0 Å². The number of pyridine rings is 1. The number of piperazine rings is 1. The van der Waals surface area contributed by atoms with Crippen molar-refractivity contribution in [2.75, 3.05) is 60.5 Å². The number of hydrogen-bond donors (Lipinski definition) is 4. The number of rotatable bonds is 8. The molecule has 0 atom stereocenters. The minimum absolute atomic E-state index is 0.166. The molecule has 0 aliphatic carbocycles. The van der Waals surface area contributed by atoms with E-state index < -0.39 is 11.7 Å². The topological polar surface area (TPSA) is 93.8 Å². The zero-order valence-electron chi connectivity index (χ0n) is 24.7. The zero-order chi connectivity index (χ0) is 31.3. The predicted molar refractivity (Wildman–Crippen MR) is 171 cm³/mol. The highest BCUT2D eigenvalue weighted by atomic mass is 32.1. The molecule has 2 aromatic carbocycles. The largest absolute Gasteiger partial charge is 0.457 e. The molecule has 0 bridgehead atoms. The van der Waals surface area contributed by atoms with Gasteiger partial charge in [-0.15, -0.1) is 0 Å². The number of thiocarbonyl (C=S) groups is 1. The third kappa shape index (κ3) is 7.96. The number of hydrogen-bond acceptors (Lipinski definition) is 7. The van der Waals surface area contributed by atoms with Crippen LogP contribution in [0.4, 0.5) is 36.1 Å². The molecule has 4 N–H and O–H groups in total. The molecule has 13 heteroatoms. The lowest BCUT2D eigenvalue weighted by molar-refractivity contribution is -0.138. The lowest BCUT2D eigenvalue weighted by Gasteiger charge is -2.34. The van der Waals surface area contributed by atoms with Gasteiger partial charge >= 0.3 is 6.18 Å². The van der Waals surface area contributed by atoms with E-state index in [1.165, 1.54) is 13.0 Å². The van der Waals surface area contributed by atoms with E-state index in [9.17, 15) is 18.0 Å². The van der Waals surface area contributed by atoms with E-state index in [1.807, 2.05) is 6.07 Å². The third-order valence-electron chi connectivity index (χ3n) is 7.67. The van der Waals surface area contributed by atoms with Crippen molar-refractivity contribution in [2.45, 2.75) is 39.4 Å². The van der Waals surface area contributed by atoms with E-state index in [2.05, 4.69) is 43.0 Å². The number of amides is 1. The van der Waals surface area contributed by atoms with Crippen LogP contribution in [0.25, 0.3) is 0 Å². The van der Waals surface area contributed by atoms with Crippen LogP contribution in [0.5, 0.6) is 11.5 Å². The summed E-state index contributed by atoms with van der Waals surface area (Å²) in [6, 6.07) is 11.3. The first-order chi connectivity index (χ1) is 21.1. The summed E-state index contributed by atoms with van der Waals surface area (Å²) < 4.78 is 48.5. The second kappa shape index (κ2) is 13.8. The van der Waals surface area contributed by atoms with Gasteiger partial charge in [0.1, 0.15) is 17.3 Å². The molecule has 2 aliphatic rings. The Kier molecular flexibility index (Phi) is 9.87. The Bertz CT molecular complexity index is 1510. The minimum atomic E-state index is -4.50. The van der Waals surface area contributed by atoms with Gasteiger partial charge in [0.25, 0.3) is 0 Å². The highest BCUT2D eigenvalue weighted by Crippen LogP contribution is 2.39. The van der Waals surface area contributed by atoms with Gasteiger partial charge in [0, 0.05) is 69.7 Å².